The van der Waals surface area contributed by atoms with E-state index in [9.17, 15) is 14.9 Å². The van der Waals surface area contributed by atoms with Gasteiger partial charge in [0.05, 0.1) is 4.92 Å². The lowest BCUT2D eigenvalue weighted by atomic mass is 10.2. The standard InChI is InChI=1S/C14H21N3O3/c1-4-11(3)16-14(18)7-8-15-12-9-10(2)5-6-13(12)17(19)20/h5-6,9,11,15H,4,7-8H2,1-3H3,(H,16,18). The van der Waals surface area contributed by atoms with Gasteiger partial charge in [0.15, 0.2) is 0 Å². The van der Waals surface area contributed by atoms with E-state index in [2.05, 4.69) is 10.6 Å². The average molecular weight is 279 g/mol. The highest BCUT2D eigenvalue weighted by Gasteiger charge is 2.13. The van der Waals surface area contributed by atoms with Gasteiger partial charge in [-0.15, -0.1) is 0 Å². The number of nitrogens with one attached hydrogen (secondary N) is 2. The normalized spacial score (nSPS) is 11.8. The minimum Gasteiger partial charge on any atom is -0.379 e. The van der Waals surface area contributed by atoms with Crippen molar-refractivity contribution < 1.29 is 9.72 Å². The van der Waals surface area contributed by atoms with Gasteiger partial charge >= 0.3 is 0 Å². The highest BCUT2D eigenvalue weighted by Crippen LogP contribution is 2.24. The van der Waals surface area contributed by atoms with Gasteiger partial charge < -0.3 is 10.6 Å². The largest absolute Gasteiger partial charge is 0.379 e. The summed E-state index contributed by atoms with van der Waals surface area (Å²) in [5.41, 5.74) is 1.41. The predicted molar refractivity (Wildman–Crippen MR) is 78.8 cm³/mol. The van der Waals surface area contributed by atoms with E-state index >= 15 is 0 Å². The smallest absolute Gasteiger partial charge is 0.292 e. The third-order valence-electron chi connectivity index (χ3n) is 3.04. The van der Waals surface area contributed by atoms with Gasteiger partial charge in [0, 0.05) is 25.1 Å². The summed E-state index contributed by atoms with van der Waals surface area (Å²) in [6.45, 7) is 6.17. The van der Waals surface area contributed by atoms with Crippen LogP contribution in [0.5, 0.6) is 0 Å². The van der Waals surface area contributed by atoms with Crippen LogP contribution >= 0.6 is 0 Å². The molecule has 6 heteroatoms. The summed E-state index contributed by atoms with van der Waals surface area (Å²) >= 11 is 0. The lowest BCUT2D eigenvalue weighted by Crippen LogP contribution is -2.32. The molecule has 0 aliphatic carbocycles. The van der Waals surface area contributed by atoms with E-state index in [0.717, 1.165) is 12.0 Å². The zero-order valence-electron chi connectivity index (χ0n) is 12.1. The molecule has 2 N–H and O–H groups in total. The number of amides is 1. The van der Waals surface area contributed by atoms with Crippen LogP contribution in [0.15, 0.2) is 18.2 Å². The van der Waals surface area contributed by atoms with Crippen molar-refractivity contribution in [1.29, 1.82) is 0 Å². The number of carbonyl (C=O) groups is 1. The Hall–Kier alpha value is -2.11. The van der Waals surface area contributed by atoms with Crippen molar-refractivity contribution in [2.45, 2.75) is 39.7 Å². The van der Waals surface area contributed by atoms with Gasteiger partial charge in [-0.1, -0.05) is 13.0 Å². The van der Waals surface area contributed by atoms with E-state index < -0.39 is 4.92 Å². The molecular weight excluding hydrogens is 258 g/mol. The lowest BCUT2D eigenvalue weighted by molar-refractivity contribution is -0.384. The van der Waals surface area contributed by atoms with Gasteiger partial charge in [0.2, 0.25) is 5.91 Å². The highest BCUT2D eigenvalue weighted by molar-refractivity contribution is 5.77. The fourth-order valence-corrected chi connectivity index (χ4v) is 1.71. The summed E-state index contributed by atoms with van der Waals surface area (Å²) in [6.07, 6.45) is 1.16. The van der Waals surface area contributed by atoms with E-state index in [0.29, 0.717) is 12.2 Å². The lowest BCUT2D eigenvalue weighted by Gasteiger charge is -2.12. The first-order valence-electron chi connectivity index (χ1n) is 6.72. The Balaban J connectivity index is 2.55. The van der Waals surface area contributed by atoms with Crippen molar-refractivity contribution in [3.05, 3.63) is 33.9 Å². The summed E-state index contributed by atoms with van der Waals surface area (Å²) in [4.78, 5) is 22.1. The summed E-state index contributed by atoms with van der Waals surface area (Å²) in [5.74, 6) is -0.0536. The first-order chi connectivity index (χ1) is 9.43. The maximum atomic E-state index is 11.6. The molecule has 0 spiro atoms. The Kier molecular flexibility index (Phi) is 5.96. The van der Waals surface area contributed by atoms with Gasteiger partial charge in [-0.05, 0) is 31.9 Å². The Labute approximate surface area is 118 Å². The molecule has 0 bridgehead atoms. The maximum Gasteiger partial charge on any atom is 0.292 e. The average Bonchev–Trinajstić information content (AvgIpc) is 2.38. The maximum absolute atomic E-state index is 11.6. The first-order valence-corrected chi connectivity index (χ1v) is 6.72. The predicted octanol–water partition coefficient (Wildman–Crippen LogP) is 2.62. The number of rotatable bonds is 7. The Morgan fingerprint density at radius 1 is 1.45 bits per heavy atom. The molecule has 0 heterocycles. The third kappa shape index (κ3) is 4.87. The summed E-state index contributed by atoms with van der Waals surface area (Å²) in [6, 6.07) is 5.02. The van der Waals surface area contributed by atoms with Crippen molar-refractivity contribution in [3.63, 3.8) is 0 Å². The van der Waals surface area contributed by atoms with E-state index in [4.69, 9.17) is 0 Å². The number of aryl methyl sites for hydroxylation is 1. The zero-order valence-corrected chi connectivity index (χ0v) is 12.1. The Morgan fingerprint density at radius 2 is 2.15 bits per heavy atom. The van der Waals surface area contributed by atoms with Crippen LogP contribution in [0, 0.1) is 17.0 Å². The first kappa shape index (κ1) is 15.9. The van der Waals surface area contributed by atoms with Crippen LogP contribution in [0.3, 0.4) is 0 Å². The molecule has 6 nitrogen and oxygen atoms in total. The Morgan fingerprint density at radius 3 is 2.75 bits per heavy atom. The van der Waals surface area contributed by atoms with Crippen molar-refractivity contribution >= 4 is 17.3 Å². The number of nitro groups is 1. The minimum atomic E-state index is -0.430. The van der Waals surface area contributed by atoms with Gasteiger partial charge in [-0.2, -0.15) is 0 Å². The van der Waals surface area contributed by atoms with E-state index in [1.54, 1.807) is 12.1 Å². The van der Waals surface area contributed by atoms with Crippen LogP contribution in [0.4, 0.5) is 11.4 Å². The second-order valence-corrected chi connectivity index (χ2v) is 4.83. The van der Waals surface area contributed by atoms with E-state index in [-0.39, 0.29) is 24.1 Å². The number of benzene rings is 1. The molecule has 0 aromatic heterocycles. The van der Waals surface area contributed by atoms with Crippen molar-refractivity contribution in [1.82, 2.24) is 5.32 Å². The molecule has 1 aromatic rings. The van der Waals surface area contributed by atoms with Gasteiger partial charge in [-0.3, -0.25) is 14.9 Å². The molecule has 1 amide bonds. The molecule has 110 valence electrons. The summed E-state index contributed by atoms with van der Waals surface area (Å²) < 4.78 is 0. The molecule has 1 atom stereocenters. The number of nitro benzene ring substituents is 1. The molecule has 1 unspecified atom stereocenters. The van der Waals surface area contributed by atoms with Crippen LogP contribution in [-0.2, 0) is 4.79 Å². The molecule has 0 fully saturated rings. The SMILES string of the molecule is CCC(C)NC(=O)CCNc1cc(C)ccc1[N+](=O)[O-]. The topological polar surface area (TPSA) is 84.3 Å². The third-order valence-corrected chi connectivity index (χ3v) is 3.04. The highest BCUT2D eigenvalue weighted by atomic mass is 16.6. The van der Waals surface area contributed by atoms with Crippen LogP contribution in [-0.4, -0.2) is 23.4 Å². The number of nitrogens with zero attached hydrogens (tertiary/aromatic N) is 1. The molecule has 1 aromatic carbocycles. The summed E-state index contributed by atoms with van der Waals surface area (Å²) in [7, 11) is 0. The van der Waals surface area contributed by atoms with Crippen LogP contribution in [0.1, 0.15) is 32.3 Å². The molecule has 0 saturated carbocycles. The van der Waals surface area contributed by atoms with Crippen molar-refractivity contribution in [3.8, 4) is 0 Å². The monoisotopic (exact) mass is 279 g/mol. The number of anilines is 1. The van der Waals surface area contributed by atoms with Gasteiger partial charge in [0.25, 0.3) is 5.69 Å². The van der Waals surface area contributed by atoms with Crippen LogP contribution < -0.4 is 10.6 Å². The fraction of sp³-hybridized carbons (Fsp3) is 0.500. The van der Waals surface area contributed by atoms with Crippen molar-refractivity contribution in [2.75, 3.05) is 11.9 Å². The second kappa shape index (κ2) is 7.47. The zero-order chi connectivity index (χ0) is 15.1. The molecule has 0 aliphatic rings. The quantitative estimate of drug-likeness (QED) is 0.593. The van der Waals surface area contributed by atoms with E-state index in [1.165, 1.54) is 6.07 Å². The van der Waals surface area contributed by atoms with Crippen LogP contribution in [0.2, 0.25) is 0 Å². The van der Waals surface area contributed by atoms with Gasteiger partial charge in [-0.25, -0.2) is 0 Å². The fourth-order valence-electron chi connectivity index (χ4n) is 1.71. The van der Waals surface area contributed by atoms with E-state index in [1.807, 2.05) is 20.8 Å². The number of hydrogen-bond donors (Lipinski definition) is 2. The molecule has 1 rings (SSSR count). The number of hydrogen-bond acceptors (Lipinski definition) is 4. The van der Waals surface area contributed by atoms with Crippen molar-refractivity contribution in [2.24, 2.45) is 0 Å². The molecule has 0 aliphatic heterocycles. The van der Waals surface area contributed by atoms with Crippen LogP contribution in [0.25, 0.3) is 0 Å². The molecule has 0 radical (unpaired) electrons. The number of carbonyl (C=O) groups excluding carboxylic acids is 1. The van der Waals surface area contributed by atoms with Gasteiger partial charge in [0.1, 0.15) is 5.69 Å². The molecule has 0 saturated heterocycles. The second-order valence-electron chi connectivity index (χ2n) is 4.83. The minimum absolute atomic E-state index is 0.0259. The Bertz CT molecular complexity index is 489. The molecule has 20 heavy (non-hydrogen) atoms. The molecular formula is C14H21N3O3. The summed E-state index contributed by atoms with van der Waals surface area (Å²) in [5, 5.41) is 16.7.